The average Bonchev–Trinajstić information content (AvgIpc) is 3.87. The van der Waals surface area contributed by atoms with Crippen molar-refractivity contribution in [2.45, 2.75) is 0 Å². The number of anilines is 3. The fourth-order valence-electron chi connectivity index (χ4n) is 9.08. The second kappa shape index (κ2) is 14.3. The molecule has 3 aromatic heterocycles. The summed E-state index contributed by atoms with van der Waals surface area (Å²) in [5.74, 6) is 0. The second-order valence-electron chi connectivity index (χ2n) is 15.6. The third-order valence-corrected chi connectivity index (χ3v) is 12.0. The van der Waals surface area contributed by atoms with Crippen LogP contribution in [0.5, 0.6) is 0 Å². The normalized spacial score (nSPS) is 11.6. The number of furan rings is 1. The van der Waals surface area contributed by atoms with Crippen LogP contribution in [0.3, 0.4) is 0 Å². The molecule has 0 fully saturated rings. The standard InChI is InChI=1S/C57H37N3O/c1-3-15-44(16-4-1)59(46-28-23-38-13-7-8-14-39(38)33-46)53-21-11-9-19-47(53)41-27-32-56-51(35-41)49-29-24-42(36-57(49)61-56)52-30-25-43(37-58-52)40-26-31-55-50(34-40)48-20-10-12-22-54(48)60(55)45-17-5-2-6-18-45/h1-37H. The van der Waals surface area contributed by atoms with Crippen LogP contribution in [0.25, 0.3) is 93.7 Å². The molecule has 0 aliphatic rings. The number of hydrogen-bond donors (Lipinski definition) is 0. The minimum atomic E-state index is 0.839. The van der Waals surface area contributed by atoms with Gasteiger partial charge in [0, 0.05) is 61.5 Å². The maximum absolute atomic E-state index is 6.53. The van der Waals surface area contributed by atoms with Crippen LogP contribution < -0.4 is 4.90 Å². The van der Waals surface area contributed by atoms with Crippen LogP contribution >= 0.6 is 0 Å². The summed E-state index contributed by atoms with van der Waals surface area (Å²) >= 11 is 0. The van der Waals surface area contributed by atoms with Gasteiger partial charge in [-0.1, -0.05) is 127 Å². The molecule has 286 valence electrons. The molecule has 0 bridgehead atoms. The molecule has 0 radical (unpaired) electrons. The fourth-order valence-corrected chi connectivity index (χ4v) is 9.08. The van der Waals surface area contributed by atoms with E-state index in [1.54, 1.807) is 0 Å². The van der Waals surface area contributed by atoms with Crippen LogP contribution in [-0.4, -0.2) is 9.55 Å². The van der Waals surface area contributed by atoms with E-state index in [1.807, 2.05) is 6.20 Å². The summed E-state index contributed by atoms with van der Waals surface area (Å²) in [6, 6.07) is 77.7. The van der Waals surface area contributed by atoms with Crippen LogP contribution in [0.1, 0.15) is 0 Å². The number of nitrogens with zero attached hydrogens (tertiary/aromatic N) is 3. The highest BCUT2D eigenvalue weighted by atomic mass is 16.3. The Morgan fingerprint density at radius 1 is 0.393 bits per heavy atom. The number of fused-ring (bicyclic) bond motifs is 7. The summed E-state index contributed by atoms with van der Waals surface area (Å²) in [4.78, 5) is 7.33. The Balaban J connectivity index is 0.884. The monoisotopic (exact) mass is 779 g/mol. The molecular weight excluding hydrogens is 743 g/mol. The number of rotatable bonds is 7. The van der Waals surface area contributed by atoms with Crippen molar-refractivity contribution in [3.63, 3.8) is 0 Å². The minimum absolute atomic E-state index is 0.839. The van der Waals surface area contributed by atoms with Gasteiger partial charge >= 0.3 is 0 Å². The smallest absolute Gasteiger partial charge is 0.136 e. The van der Waals surface area contributed by atoms with E-state index in [9.17, 15) is 0 Å². The van der Waals surface area contributed by atoms with Crippen molar-refractivity contribution in [3.8, 4) is 39.2 Å². The van der Waals surface area contributed by atoms with Gasteiger partial charge in [-0.2, -0.15) is 0 Å². The van der Waals surface area contributed by atoms with Crippen LogP contribution in [0.4, 0.5) is 17.1 Å². The van der Waals surface area contributed by atoms with Crippen molar-refractivity contribution >= 4 is 71.6 Å². The maximum Gasteiger partial charge on any atom is 0.136 e. The van der Waals surface area contributed by atoms with Crippen LogP contribution in [0, 0.1) is 0 Å². The van der Waals surface area contributed by atoms with Crippen molar-refractivity contribution in [2.24, 2.45) is 0 Å². The Hall–Kier alpha value is -8.21. The number of benzene rings is 9. The topological polar surface area (TPSA) is 34.2 Å². The van der Waals surface area contributed by atoms with E-state index in [-0.39, 0.29) is 0 Å². The lowest BCUT2D eigenvalue weighted by Crippen LogP contribution is -2.11. The summed E-state index contributed by atoms with van der Waals surface area (Å²) in [6.45, 7) is 0. The summed E-state index contributed by atoms with van der Waals surface area (Å²) < 4.78 is 8.87. The molecule has 0 saturated heterocycles. The Morgan fingerprint density at radius 3 is 1.97 bits per heavy atom. The molecular formula is C57H37N3O. The molecule has 0 spiro atoms. The van der Waals surface area contributed by atoms with E-state index in [0.717, 1.165) is 78.2 Å². The van der Waals surface area contributed by atoms with Crippen LogP contribution in [0.2, 0.25) is 0 Å². The molecule has 9 aromatic carbocycles. The molecule has 61 heavy (non-hydrogen) atoms. The predicted octanol–water partition coefficient (Wildman–Crippen LogP) is 15.7. The molecule has 0 aliphatic heterocycles. The van der Waals surface area contributed by atoms with Crippen molar-refractivity contribution in [1.82, 2.24) is 9.55 Å². The molecule has 4 heteroatoms. The van der Waals surface area contributed by atoms with E-state index < -0.39 is 0 Å². The van der Waals surface area contributed by atoms with Crippen LogP contribution in [0.15, 0.2) is 229 Å². The van der Waals surface area contributed by atoms with Gasteiger partial charge in [-0.05, 0) is 113 Å². The third kappa shape index (κ3) is 5.96. The zero-order chi connectivity index (χ0) is 40.3. The predicted molar refractivity (Wildman–Crippen MR) is 254 cm³/mol. The first-order valence-corrected chi connectivity index (χ1v) is 20.7. The van der Waals surface area contributed by atoms with Gasteiger partial charge in [-0.25, -0.2) is 0 Å². The summed E-state index contributed by atoms with van der Waals surface area (Å²) in [5, 5.41) is 7.04. The molecule has 0 aliphatic carbocycles. The summed E-state index contributed by atoms with van der Waals surface area (Å²) in [6.07, 6.45) is 1.98. The quantitative estimate of drug-likeness (QED) is 0.162. The van der Waals surface area contributed by atoms with Gasteiger partial charge in [0.05, 0.1) is 22.4 Å². The van der Waals surface area contributed by atoms with Crippen molar-refractivity contribution in [3.05, 3.63) is 225 Å². The average molecular weight is 780 g/mol. The molecule has 0 amide bonds. The first-order chi connectivity index (χ1) is 30.2. The molecule has 4 nitrogen and oxygen atoms in total. The molecule has 0 atom stereocenters. The lowest BCUT2D eigenvalue weighted by molar-refractivity contribution is 0.669. The molecule has 0 unspecified atom stereocenters. The highest BCUT2D eigenvalue weighted by molar-refractivity contribution is 6.11. The molecule has 0 N–H and O–H groups in total. The maximum atomic E-state index is 6.53. The second-order valence-corrected chi connectivity index (χ2v) is 15.6. The van der Waals surface area contributed by atoms with Gasteiger partial charge in [0.1, 0.15) is 11.2 Å². The molecule has 0 saturated carbocycles. The minimum Gasteiger partial charge on any atom is -0.456 e. The lowest BCUT2D eigenvalue weighted by Gasteiger charge is -2.28. The Bertz CT molecular complexity index is 3590. The SMILES string of the molecule is c1ccc(N(c2ccc3ccccc3c2)c2ccccc2-c2ccc3oc4cc(-c5ccc(-c6ccc7c(c6)c6ccccc6n7-c6ccccc6)cn5)ccc4c3c2)cc1. The van der Waals surface area contributed by atoms with Crippen molar-refractivity contribution in [1.29, 1.82) is 0 Å². The largest absolute Gasteiger partial charge is 0.456 e. The van der Waals surface area contributed by atoms with E-state index >= 15 is 0 Å². The first kappa shape index (κ1) is 34.8. The highest BCUT2D eigenvalue weighted by Gasteiger charge is 2.19. The molecule has 12 aromatic rings. The van der Waals surface area contributed by atoms with Gasteiger partial charge in [0.2, 0.25) is 0 Å². The summed E-state index contributed by atoms with van der Waals surface area (Å²) in [5.41, 5.74) is 14.9. The highest BCUT2D eigenvalue weighted by Crippen LogP contribution is 2.43. The van der Waals surface area contributed by atoms with E-state index in [2.05, 4.69) is 228 Å². The Labute approximate surface area is 352 Å². The number of pyridine rings is 1. The lowest BCUT2D eigenvalue weighted by atomic mass is 9.99. The van der Waals surface area contributed by atoms with Gasteiger partial charge in [-0.3, -0.25) is 4.98 Å². The third-order valence-electron chi connectivity index (χ3n) is 12.0. The summed E-state index contributed by atoms with van der Waals surface area (Å²) in [7, 11) is 0. The zero-order valence-electron chi connectivity index (χ0n) is 33.1. The van der Waals surface area contributed by atoms with Crippen LogP contribution in [-0.2, 0) is 0 Å². The Morgan fingerprint density at radius 2 is 1.10 bits per heavy atom. The van der Waals surface area contributed by atoms with Gasteiger partial charge in [0.15, 0.2) is 0 Å². The number of hydrogen-bond acceptors (Lipinski definition) is 3. The van der Waals surface area contributed by atoms with E-state index in [0.29, 0.717) is 0 Å². The van der Waals surface area contributed by atoms with Crippen molar-refractivity contribution < 1.29 is 4.42 Å². The van der Waals surface area contributed by atoms with E-state index in [4.69, 9.17) is 9.40 Å². The van der Waals surface area contributed by atoms with Gasteiger partial charge in [-0.15, -0.1) is 0 Å². The molecule has 12 rings (SSSR count). The van der Waals surface area contributed by atoms with Gasteiger partial charge in [0.25, 0.3) is 0 Å². The van der Waals surface area contributed by atoms with Gasteiger partial charge < -0.3 is 13.9 Å². The fraction of sp³-hybridized carbons (Fsp3) is 0. The van der Waals surface area contributed by atoms with E-state index in [1.165, 1.54) is 32.6 Å². The Kier molecular flexibility index (Phi) is 8.13. The number of aromatic nitrogens is 2. The molecule has 3 heterocycles. The van der Waals surface area contributed by atoms with Crippen molar-refractivity contribution in [2.75, 3.05) is 4.90 Å². The first-order valence-electron chi connectivity index (χ1n) is 20.7. The number of para-hydroxylation sites is 4. The zero-order valence-corrected chi connectivity index (χ0v) is 33.1.